The first-order chi connectivity index (χ1) is 18.5. The second-order valence-corrected chi connectivity index (χ2v) is 15.6. The van der Waals surface area contributed by atoms with E-state index in [0.717, 1.165) is 50.5 Å². The molecule has 1 unspecified atom stereocenters. The van der Waals surface area contributed by atoms with Crippen LogP contribution in [0.5, 0.6) is 0 Å². The van der Waals surface area contributed by atoms with E-state index in [4.69, 9.17) is 9.47 Å². The van der Waals surface area contributed by atoms with E-state index in [1.54, 1.807) is 0 Å². The van der Waals surface area contributed by atoms with Gasteiger partial charge in [0.25, 0.3) is 0 Å². The fraction of sp³-hybridized carbons (Fsp3) is 0.824. The maximum atomic E-state index is 13.7. The van der Waals surface area contributed by atoms with Gasteiger partial charge in [0.15, 0.2) is 0 Å². The van der Waals surface area contributed by atoms with Gasteiger partial charge in [-0.3, -0.25) is 19.2 Å². The summed E-state index contributed by atoms with van der Waals surface area (Å²) in [7, 11) is 0. The second kappa shape index (κ2) is 9.26. The van der Waals surface area contributed by atoms with Crippen LogP contribution in [0.1, 0.15) is 114 Å². The molecule has 6 nitrogen and oxygen atoms in total. The van der Waals surface area contributed by atoms with Crippen LogP contribution in [0.4, 0.5) is 0 Å². The van der Waals surface area contributed by atoms with E-state index in [0.29, 0.717) is 23.8 Å². The minimum absolute atomic E-state index is 0.0172. The molecule has 0 N–H and O–H groups in total. The Morgan fingerprint density at radius 2 is 1.50 bits per heavy atom. The van der Waals surface area contributed by atoms with E-state index >= 15 is 0 Å². The highest BCUT2D eigenvalue weighted by Crippen LogP contribution is 2.76. The summed E-state index contributed by atoms with van der Waals surface area (Å²) in [6.07, 6.45) is 7.47. The molecule has 0 aromatic heterocycles. The molecule has 4 fully saturated rings. The number of hydrogen-bond acceptors (Lipinski definition) is 6. The predicted molar refractivity (Wildman–Crippen MR) is 152 cm³/mol. The van der Waals surface area contributed by atoms with Crippen molar-refractivity contribution in [1.29, 1.82) is 0 Å². The first kappa shape index (κ1) is 29.5. The zero-order valence-electron chi connectivity index (χ0n) is 26.2. The number of ketones is 2. The van der Waals surface area contributed by atoms with Crippen LogP contribution in [0.15, 0.2) is 11.1 Å². The third-order valence-electron chi connectivity index (χ3n) is 13.3. The van der Waals surface area contributed by atoms with Crippen molar-refractivity contribution in [2.24, 2.45) is 50.7 Å². The van der Waals surface area contributed by atoms with Crippen LogP contribution < -0.4 is 0 Å². The summed E-state index contributed by atoms with van der Waals surface area (Å²) in [5.74, 6) is -0.269. The summed E-state index contributed by atoms with van der Waals surface area (Å²) in [6, 6.07) is 0. The van der Waals surface area contributed by atoms with Crippen LogP contribution in [0.25, 0.3) is 0 Å². The van der Waals surface area contributed by atoms with E-state index in [9.17, 15) is 19.2 Å². The number of carbonyl (C=O) groups is 4. The highest BCUT2D eigenvalue weighted by Gasteiger charge is 2.71. The number of carbonyl (C=O) groups excluding carboxylic acids is 4. The molecule has 5 aliphatic rings. The Bertz CT molecular complexity index is 1180. The maximum Gasteiger partial charge on any atom is 0.302 e. The van der Waals surface area contributed by atoms with E-state index in [1.807, 2.05) is 13.8 Å². The van der Waals surface area contributed by atoms with E-state index in [2.05, 4.69) is 34.6 Å². The lowest BCUT2D eigenvalue weighted by atomic mass is 9.33. The summed E-state index contributed by atoms with van der Waals surface area (Å²) < 4.78 is 11.4. The summed E-state index contributed by atoms with van der Waals surface area (Å²) in [4.78, 5) is 51.1. The topological polar surface area (TPSA) is 86.7 Å². The monoisotopic (exact) mass is 554 g/mol. The third-order valence-corrected chi connectivity index (χ3v) is 13.3. The Morgan fingerprint density at radius 3 is 2.10 bits per heavy atom. The van der Waals surface area contributed by atoms with Crippen molar-refractivity contribution in [3.63, 3.8) is 0 Å². The SMILES string of the molecule is CC(=O)OC[C@@]12CC[C@]3(C)[C@H](CC[C@@H]4[C@@]5(C)CCC(OC(C)=O)C(C)(C)[C@@H]5CC[C@]43C)C1=C(C(C)C)C(=O)C2=O. The molecule has 5 aliphatic carbocycles. The number of fused-ring (bicyclic) bond motifs is 7. The van der Waals surface area contributed by atoms with Crippen molar-refractivity contribution in [2.75, 3.05) is 6.61 Å². The largest absolute Gasteiger partial charge is 0.464 e. The minimum Gasteiger partial charge on any atom is -0.464 e. The van der Waals surface area contributed by atoms with E-state index in [1.165, 1.54) is 13.8 Å². The smallest absolute Gasteiger partial charge is 0.302 e. The lowest BCUT2D eigenvalue weighted by Gasteiger charge is -2.72. The lowest BCUT2D eigenvalue weighted by Crippen LogP contribution is -2.66. The van der Waals surface area contributed by atoms with Gasteiger partial charge < -0.3 is 9.47 Å². The molecule has 0 heterocycles. The predicted octanol–water partition coefficient (Wildman–Crippen LogP) is 6.64. The summed E-state index contributed by atoms with van der Waals surface area (Å²) in [5.41, 5.74) is 0.715. The van der Waals surface area contributed by atoms with Gasteiger partial charge in [-0.1, -0.05) is 48.5 Å². The molecule has 0 aliphatic heterocycles. The number of rotatable bonds is 4. The molecule has 0 spiro atoms. The Labute approximate surface area is 240 Å². The molecule has 5 rings (SSSR count). The summed E-state index contributed by atoms with van der Waals surface area (Å²) in [6.45, 7) is 19.0. The molecule has 0 saturated heterocycles. The van der Waals surface area contributed by atoms with Crippen molar-refractivity contribution in [2.45, 2.75) is 120 Å². The summed E-state index contributed by atoms with van der Waals surface area (Å²) in [5, 5.41) is 0. The zero-order valence-corrected chi connectivity index (χ0v) is 26.2. The Hall–Kier alpha value is -1.98. The normalized spacial score (nSPS) is 44.0. The first-order valence-corrected chi connectivity index (χ1v) is 15.6. The van der Waals surface area contributed by atoms with Crippen molar-refractivity contribution in [3.05, 3.63) is 11.1 Å². The molecular formula is C34H50O6. The summed E-state index contributed by atoms with van der Waals surface area (Å²) >= 11 is 0. The van der Waals surface area contributed by atoms with Crippen molar-refractivity contribution in [3.8, 4) is 0 Å². The van der Waals surface area contributed by atoms with Gasteiger partial charge in [-0.25, -0.2) is 0 Å². The molecule has 0 aromatic carbocycles. The molecule has 8 atom stereocenters. The van der Waals surface area contributed by atoms with Crippen LogP contribution in [-0.2, 0) is 28.7 Å². The molecule has 40 heavy (non-hydrogen) atoms. The van der Waals surface area contributed by atoms with Gasteiger partial charge in [0, 0.05) is 24.8 Å². The Morgan fingerprint density at radius 1 is 0.825 bits per heavy atom. The van der Waals surface area contributed by atoms with Crippen molar-refractivity contribution >= 4 is 23.5 Å². The van der Waals surface area contributed by atoms with Gasteiger partial charge >= 0.3 is 11.9 Å². The third kappa shape index (κ3) is 3.72. The number of hydrogen-bond donors (Lipinski definition) is 0. The zero-order chi connectivity index (χ0) is 29.6. The molecule has 0 amide bonds. The Balaban J connectivity index is 1.57. The molecule has 6 heteroatoms. The molecular weight excluding hydrogens is 504 g/mol. The van der Waals surface area contributed by atoms with E-state index in [-0.39, 0.29) is 63.7 Å². The van der Waals surface area contributed by atoms with Gasteiger partial charge in [-0.2, -0.15) is 0 Å². The molecule has 222 valence electrons. The van der Waals surface area contributed by atoms with Crippen LogP contribution >= 0.6 is 0 Å². The van der Waals surface area contributed by atoms with Gasteiger partial charge in [-0.15, -0.1) is 0 Å². The van der Waals surface area contributed by atoms with Crippen LogP contribution in [0, 0.1) is 50.7 Å². The van der Waals surface area contributed by atoms with Crippen molar-refractivity contribution < 1.29 is 28.7 Å². The fourth-order valence-electron chi connectivity index (χ4n) is 11.3. The number of allylic oxidation sites excluding steroid dienone is 1. The fourth-order valence-corrected chi connectivity index (χ4v) is 11.3. The molecule has 0 aromatic rings. The van der Waals surface area contributed by atoms with Crippen LogP contribution in [-0.4, -0.2) is 36.2 Å². The van der Waals surface area contributed by atoms with Crippen LogP contribution in [0.2, 0.25) is 0 Å². The Kier molecular flexibility index (Phi) is 6.83. The molecule has 0 radical (unpaired) electrons. The number of ether oxygens (including phenoxy) is 2. The highest BCUT2D eigenvalue weighted by molar-refractivity contribution is 6.49. The van der Waals surface area contributed by atoms with E-state index < -0.39 is 11.4 Å². The second-order valence-electron chi connectivity index (χ2n) is 15.6. The standard InChI is InChI=1S/C34H50O6/c1-19(2)26-27-22-10-11-24-31(7)14-13-25(40-21(4)36)30(5,6)23(31)12-15-33(24,9)32(22,8)16-17-34(27,18-39-20(3)35)29(38)28(26)37/h19,22-25H,10-18H2,1-9H3/t22-,23+,24-,25?,31+,32-,33-,34+/m1/s1. The number of Topliss-reactive ketones (excluding diaryl/α,β-unsaturated/α-hetero) is 2. The van der Waals surface area contributed by atoms with Crippen LogP contribution in [0.3, 0.4) is 0 Å². The number of esters is 2. The lowest BCUT2D eigenvalue weighted by molar-refractivity contribution is -0.233. The quantitative estimate of drug-likeness (QED) is 0.286. The van der Waals surface area contributed by atoms with Crippen molar-refractivity contribution in [1.82, 2.24) is 0 Å². The van der Waals surface area contributed by atoms with Gasteiger partial charge in [0.1, 0.15) is 12.7 Å². The first-order valence-electron chi connectivity index (χ1n) is 15.6. The van der Waals surface area contributed by atoms with Gasteiger partial charge in [0.2, 0.25) is 11.6 Å². The molecule has 4 saturated carbocycles. The highest BCUT2D eigenvalue weighted by atomic mass is 16.5. The van der Waals surface area contributed by atoms with Gasteiger partial charge in [0.05, 0.1) is 5.41 Å². The average molecular weight is 555 g/mol. The maximum absolute atomic E-state index is 13.7. The minimum atomic E-state index is -0.999. The van der Waals surface area contributed by atoms with Gasteiger partial charge in [-0.05, 0) is 96.9 Å². The molecule has 0 bridgehead atoms. The average Bonchev–Trinajstić information content (AvgIpc) is 3.07.